The number of anilines is 3. The van der Waals surface area contributed by atoms with Gasteiger partial charge in [-0.1, -0.05) is 231 Å². The third kappa shape index (κ3) is 6.56. The lowest BCUT2D eigenvalue weighted by Crippen LogP contribution is -2.22. The molecule has 0 N–H and O–H groups in total. The quantitative estimate of drug-likeness (QED) is 0.140. The van der Waals surface area contributed by atoms with E-state index in [1.54, 1.807) is 0 Å². The lowest BCUT2D eigenvalue weighted by molar-refractivity contribution is 0.714. The third-order valence-electron chi connectivity index (χ3n) is 14.7. The van der Waals surface area contributed by atoms with Gasteiger partial charge in [0.2, 0.25) is 0 Å². The van der Waals surface area contributed by atoms with Gasteiger partial charge in [0, 0.05) is 44.3 Å². The second kappa shape index (κ2) is 17.0. The van der Waals surface area contributed by atoms with E-state index in [1.807, 2.05) is 0 Å². The Bertz CT molecular complexity index is 3900. The van der Waals surface area contributed by atoms with Gasteiger partial charge in [-0.2, -0.15) is 0 Å². The highest BCUT2D eigenvalue weighted by Crippen LogP contribution is 2.57. The fraction of sp³-hybridized carbons (Fsp3) is 0.0294. The van der Waals surface area contributed by atoms with Crippen LogP contribution >= 0.6 is 0 Å². The van der Waals surface area contributed by atoms with E-state index in [0.29, 0.717) is 0 Å². The number of hydrogen-bond donors (Lipinski definition) is 0. The van der Waals surface area contributed by atoms with Crippen molar-refractivity contribution in [1.82, 2.24) is 4.57 Å². The molecule has 0 amide bonds. The zero-order valence-electron chi connectivity index (χ0n) is 38.9. The number of hydrogen-bond acceptors (Lipinski definition) is 1. The maximum atomic E-state index is 2.54. The third-order valence-corrected chi connectivity index (χ3v) is 14.7. The minimum atomic E-state index is -0.371. The molecule has 0 saturated heterocycles. The molecule has 13 rings (SSSR count). The van der Waals surface area contributed by atoms with Crippen molar-refractivity contribution < 1.29 is 0 Å². The Morgan fingerprint density at radius 1 is 0.343 bits per heavy atom. The van der Waals surface area contributed by atoms with Gasteiger partial charge in [0.15, 0.2) is 0 Å². The number of para-hydroxylation sites is 4. The molecule has 0 fully saturated rings. The standard InChI is InChI=1S/C68H48N2/c1-68(49-27-7-3-8-28-49)61-41-18-15-38-60(61)66-62(68)42-23-45-65(66)69(63-43-19-16-36-57(63)56-35-14-13-34-55(56)54-33-12-11-32-52(54)47-24-5-2-6-25-47)51-31-21-26-48(46-51)53-39-22-40-59-58-37-17-20-44-64(58)70(67(53)59)50-29-9-4-10-30-50/h2-46H,1H3. The lowest BCUT2D eigenvalue weighted by Gasteiger charge is -2.32. The van der Waals surface area contributed by atoms with E-state index in [-0.39, 0.29) is 5.41 Å². The number of fused-ring (bicyclic) bond motifs is 6. The normalized spacial score (nSPS) is 13.8. The molecule has 0 saturated carbocycles. The monoisotopic (exact) mass is 892 g/mol. The van der Waals surface area contributed by atoms with E-state index >= 15 is 0 Å². The zero-order valence-corrected chi connectivity index (χ0v) is 38.9. The van der Waals surface area contributed by atoms with Crippen LogP contribution in [-0.2, 0) is 5.41 Å². The molecule has 1 aromatic heterocycles. The number of aromatic nitrogens is 1. The van der Waals surface area contributed by atoms with Gasteiger partial charge < -0.3 is 9.47 Å². The number of nitrogens with zero attached hydrogens (tertiary/aromatic N) is 2. The van der Waals surface area contributed by atoms with Crippen LogP contribution in [0.15, 0.2) is 273 Å². The summed E-state index contributed by atoms with van der Waals surface area (Å²) in [6.45, 7) is 2.41. The van der Waals surface area contributed by atoms with Crippen molar-refractivity contribution >= 4 is 38.9 Å². The molecule has 1 atom stereocenters. The summed E-state index contributed by atoms with van der Waals surface area (Å²) >= 11 is 0. The van der Waals surface area contributed by atoms with Crippen molar-refractivity contribution in [2.24, 2.45) is 0 Å². The summed E-state index contributed by atoms with van der Waals surface area (Å²) in [4.78, 5) is 2.54. The predicted molar refractivity (Wildman–Crippen MR) is 295 cm³/mol. The largest absolute Gasteiger partial charge is 0.309 e. The molecular weight excluding hydrogens is 845 g/mol. The molecular formula is C68H48N2. The van der Waals surface area contributed by atoms with Crippen molar-refractivity contribution in [3.05, 3.63) is 290 Å². The topological polar surface area (TPSA) is 8.17 Å². The molecule has 1 heterocycles. The van der Waals surface area contributed by atoms with Gasteiger partial charge in [-0.25, -0.2) is 0 Å². The van der Waals surface area contributed by atoms with Gasteiger partial charge in [-0.3, -0.25) is 0 Å². The predicted octanol–water partition coefficient (Wildman–Crippen LogP) is 18.3. The molecule has 1 unspecified atom stereocenters. The fourth-order valence-electron chi connectivity index (χ4n) is 11.5. The van der Waals surface area contributed by atoms with Crippen LogP contribution in [0.5, 0.6) is 0 Å². The summed E-state index contributed by atoms with van der Waals surface area (Å²) in [5.41, 5.74) is 22.3. The molecule has 0 spiro atoms. The summed E-state index contributed by atoms with van der Waals surface area (Å²) < 4.78 is 2.44. The van der Waals surface area contributed by atoms with Crippen LogP contribution in [0, 0.1) is 0 Å². The molecule has 12 aromatic rings. The van der Waals surface area contributed by atoms with Crippen LogP contribution < -0.4 is 4.90 Å². The highest BCUT2D eigenvalue weighted by molar-refractivity contribution is 6.14. The number of benzene rings is 11. The molecule has 0 bridgehead atoms. The van der Waals surface area contributed by atoms with Gasteiger partial charge in [0.25, 0.3) is 0 Å². The molecule has 2 nitrogen and oxygen atoms in total. The summed E-state index contributed by atoms with van der Waals surface area (Å²) in [6, 6.07) is 100. The van der Waals surface area contributed by atoms with Gasteiger partial charge in [-0.05, 0) is 105 Å². The van der Waals surface area contributed by atoms with Gasteiger partial charge >= 0.3 is 0 Å². The minimum Gasteiger partial charge on any atom is -0.309 e. The van der Waals surface area contributed by atoms with E-state index in [4.69, 9.17) is 0 Å². The lowest BCUT2D eigenvalue weighted by atomic mass is 9.74. The van der Waals surface area contributed by atoms with Crippen molar-refractivity contribution in [2.75, 3.05) is 4.90 Å². The van der Waals surface area contributed by atoms with Crippen molar-refractivity contribution in [3.8, 4) is 61.3 Å². The Kier molecular flexibility index (Phi) is 9.99. The van der Waals surface area contributed by atoms with E-state index in [2.05, 4.69) is 289 Å². The highest BCUT2D eigenvalue weighted by Gasteiger charge is 2.42. The van der Waals surface area contributed by atoms with Crippen LogP contribution in [-0.4, -0.2) is 4.57 Å². The first kappa shape index (κ1) is 41.2. The SMILES string of the molecule is CC1(c2ccccc2)c2ccccc2-c2c(N(c3cccc(-c4cccc5c6ccccc6n(-c6ccccc6)c45)c3)c3ccccc3-c3ccccc3-c3ccccc3-c3ccccc3)cccc21. The molecule has 0 aliphatic heterocycles. The molecule has 330 valence electrons. The van der Waals surface area contributed by atoms with Crippen molar-refractivity contribution in [3.63, 3.8) is 0 Å². The summed E-state index contributed by atoms with van der Waals surface area (Å²) in [5, 5.41) is 2.47. The Morgan fingerprint density at radius 2 is 0.843 bits per heavy atom. The molecule has 0 radical (unpaired) electrons. The zero-order chi connectivity index (χ0) is 46.6. The van der Waals surface area contributed by atoms with E-state index in [9.17, 15) is 0 Å². The van der Waals surface area contributed by atoms with Gasteiger partial charge in [0.1, 0.15) is 0 Å². The van der Waals surface area contributed by atoms with E-state index in [0.717, 1.165) is 33.9 Å². The molecule has 70 heavy (non-hydrogen) atoms. The smallest absolute Gasteiger partial charge is 0.0619 e. The maximum absolute atomic E-state index is 2.54. The Labute approximate surface area is 409 Å². The molecule has 11 aromatic carbocycles. The fourth-order valence-corrected chi connectivity index (χ4v) is 11.5. The average Bonchev–Trinajstić information content (AvgIpc) is 3.92. The van der Waals surface area contributed by atoms with Crippen LogP contribution in [0.4, 0.5) is 17.1 Å². The highest BCUT2D eigenvalue weighted by atomic mass is 15.1. The van der Waals surface area contributed by atoms with Crippen LogP contribution in [0.2, 0.25) is 0 Å². The first-order chi connectivity index (χ1) is 34.7. The maximum Gasteiger partial charge on any atom is 0.0619 e. The minimum absolute atomic E-state index is 0.371. The summed E-state index contributed by atoms with van der Waals surface area (Å²) in [7, 11) is 0. The first-order valence-electron chi connectivity index (χ1n) is 24.3. The van der Waals surface area contributed by atoms with Crippen LogP contribution in [0.3, 0.4) is 0 Å². The second-order valence-corrected chi connectivity index (χ2v) is 18.5. The Balaban J connectivity index is 1.08. The molecule has 1 aliphatic carbocycles. The summed E-state index contributed by atoms with van der Waals surface area (Å²) in [5.74, 6) is 0. The Hall–Kier alpha value is -8.98. The summed E-state index contributed by atoms with van der Waals surface area (Å²) in [6.07, 6.45) is 0. The van der Waals surface area contributed by atoms with Crippen LogP contribution in [0.25, 0.3) is 83.1 Å². The molecule has 1 aliphatic rings. The Morgan fingerprint density at radius 3 is 1.61 bits per heavy atom. The van der Waals surface area contributed by atoms with Crippen molar-refractivity contribution in [2.45, 2.75) is 12.3 Å². The second-order valence-electron chi connectivity index (χ2n) is 18.5. The number of rotatable bonds is 9. The van der Waals surface area contributed by atoms with Gasteiger partial charge in [-0.15, -0.1) is 0 Å². The average molecular weight is 893 g/mol. The van der Waals surface area contributed by atoms with Gasteiger partial charge in [0.05, 0.1) is 22.4 Å². The van der Waals surface area contributed by atoms with E-state index < -0.39 is 0 Å². The molecule has 2 heteroatoms. The first-order valence-corrected chi connectivity index (χ1v) is 24.3. The van der Waals surface area contributed by atoms with Crippen molar-refractivity contribution in [1.29, 1.82) is 0 Å². The van der Waals surface area contributed by atoms with E-state index in [1.165, 1.54) is 83.0 Å². The van der Waals surface area contributed by atoms with Crippen LogP contribution in [0.1, 0.15) is 23.6 Å².